The summed E-state index contributed by atoms with van der Waals surface area (Å²) in [6, 6.07) is 1.37. The van der Waals surface area contributed by atoms with E-state index in [1.807, 2.05) is 0 Å². The third kappa shape index (κ3) is 5.84. The van der Waals surface area contributed by atoms with Crippen LogP contribution in [0.25, 0.3) is 0 Å². The van der Waals surface area contributed by atoms with Crippen LogP contribution in [-0.2, 0) is 9.47 Å². The van der Waals surface area contributed by atoms with Gasteiger partial charge in [0.15, 0.2) is 0 Å². The summed E-state index contributed by atoms with van der Waals surface area (Å²) in [5.41, 5.74) is -0.473. The zero-order valence-electron chi connectivity index (χ0n) is 13.6. The number of methoxy groups -OCH3 is 1. The van der Waals surface area contributed by atoms with E-state index in [9.17, 15) is 19.8 Å². The lowest BCUT2D eigenvalue weighted by molar-refractivity contribution is 0.0117. The van der Waals surface area contributed by atoms with Gasteiger partial charge in [0.05, 0.1) is 12.7 Å². The van der Waals surface area contributed by atoms with E-state index < -0.39 is 29.9 Å². The maximum absolute atomic E-state index is 11.7. The maximum atomic E-state index is 11.7. The summed E-state index contributed by atoms with van der Waals surface area (Å²) >= 11 is 0. The summed E-state index contributed by atoms with van der Waals surface area (Å²) in [6.07, 6.45) is -0.868. The minimum Gasteiger partial charge on any atom is -0.465 e. The van der Waals surface area contributed by atoms with E-state index in [0.29, 0.717) is 0 Å². The van der Waals surface area contributed by atoms with Crippen LogP contribution in [0, 0.1) is 0 Å². The zero-order chi connectivity index (χ0) is 17.6. The average Bonchev–Trinajstić information content (AvgIpc) is 2.49. The third-order valence-corrected chi connectivity index (χ3v) is 2.79. The molecule has 1 aromatic heterocycles. The van der Waals surface area contributed by atoms with Crippen LogP contribution >= 0.6 is 0 Å². The molecule has 0 aliphatic heterocycles. The van der Waals surface area contributed by atoms with Crippen LogP contribution in [-0.4, -0.2) is 52.6 Å². The van der Waals surface area contributed by atoms with Crippen molar-refractivity contribution in [3.05, 3.63) is 29.6 Å². The van der Waals surface area contributed by atoms with Gasteiger partial charge in [-0.1, -0.05) is 0 Å². The first-order valence-corrected chi connectivity index (χ1v) is 7.01. The number of hydrogen-bond acceptors (Lipinski definition) is 7. The molecule has 128 valence electrons. The zero-order valence-corrected chi connectivity index (χ0v) is 13.6. The van der Waals surface area contributed by atoms with Crippen LogP contribution < -0.4 is 5.32 Å². The van der Waals surface area contributed by atoms with Gasteiger partial charge in [-0.3, -0.25) is 4.98 Å². The Labute approximate surface area is 134 Å². The summed E-state index contributed by atoms with van der Waals surface area (Å²) < 4.78 is 9.63. The topological polar surface area (TPSA) is 118 Å². The van der Waals surface area contributed by atoms with Crippen molar-refractivity contribution >= 4 is 12.1 Å². The second-order valence-corrected chi connectivity index (χ2v) is 5.85. The van der Waals surface area contributed by atoms with Crippen molar-refractivity contribution in [2.24, 2.45) is 0 Å². The molecule has 3 N–H and O–H groups in total. The smallest absolute Gasteiger partial charge is 0.407 e. The van der Waals surface area contributed by atoms with Crippen LogP contribution in [0.1, 0.15) is 42.8 Å². The van der Waals surface area contributed by atoms with Gasteiger partial charge in [-0.2, -0.15) is 0 Å². The Morgan fingerprint density at radius 1 is 1.35 bits per heavy atom. The normalized spacial score (nSPS) is 13.8. The predicted molar refractivity (Wildman–Crippen MR) is 80.8 cm³/mol. The highest BCUT2D eigenvalue weighted by molar-refractivity contribution is 5.90. The second kappa shape index (κ2) is 7.89. The van der Waals surface area contributed by atoms with E-state index in [-0.39, 0.29) is 17.7 Å². The number of amides is 1. The number of carbonyl (C=O) groups excluding carboxylic acids is 2. The molecule has 1 amide bonds. The fourth-order valence-electron chi connectivity index (χ4n) is 1.76. The van der Waals surface area contributed by atoms with Gasteiger partial charge in [0, 0.05) is 24.5 Å². The molecule has 1 aromatic rings. The number of carbonyl (C=O) groups is 2. The standard InChI is InChI=1S/C15H22N2O6/c1-15(2,3)23-14(21)17-8-11(18)12(19)10-7-16-6-5-9(10)13(20)22-4/h5-7,11-12,18-19H,8H2,1-4H3,(H,17,21). The summed E-state index contributed by atoms with van der Waals surface area (Å²) in [7, 11) is 1.21. The maximum Gasteiger partial charge on any atom is 0.407 e. The van der Waals surface area contributed by atoms with E-state index in [2.05, 4.69) is 15.0 Å². The molecule has 8 nitrogen and oxygen atoms in total. The van der Waals surface area contributed by atoms with Crippen molar-refractivity contribution < 1.29 is 29.3 Å². The molecule has 2 atom stereocenters. The van der Waals surface area contributed by atoms with Crippen LogP contribution in [0.5, 0.6) is 0 Å². The molecule has 0 fully saturated rings. The van der Waals surface area contributed by atoms with Gasteiger partial charge in [-0.25, -0.2) is 9.59 Å². The van der Waals surface area contributed by atoms with E-state index in [4.69, 9.17) is 4.74 Å². The Morgan fingerprint density at radius 2 is 2.00 bits per heavy atom. The van der Waals surface area contributed by atoms with Crippen LogP contribution in [0.3, 0.4) is 0 Å². The number of ether oxygens (including phenoxy) is 2. The lowest BCUT2D eigenvalue weighted by Crippen LogP contribution is -2.39. The number of hydrogen-bond donors (Lipinski definition) is 3. The molecular weight excluding hydrogens is 304 g/mol. The van der Waals surface area contributed by atoms with E-state index in [0.717, 1.165) is 0 Å². The number of esters is 1. The summed E-state index contributed by atoms with van der Waals surface area (Å²) in [4.78, 5) is 27.0. The van der Waals surface area contributed by atoms with Gasteiger partial charge in [0.2, 0.25) is 0 Å². The van der Waals surface area contributed by atoms with Crippen molar-refractivity contribution in [2.45, 2.75) is 38.6 Å². The van der Waals surface area contributed by atoms with Gasteiger partial charge < -0.3 is 25.0 Å². The van der Waals surface area contributed by atoms with Crippen molar-refractivity contribution in [3.63, 3.8) is 0 Å². The SMILES string of the molecule is COC(=O)c1ccncc1C(O)C(O)CNC(=O)OC(C)(C)C. The quantitative estimate of drug-likeness (QED) is 0.684. The minimum absolute atomic E-state index is 0.0892. The lowest BCUT2D eigenvalue weighted by Gasteiger charge is -2.22. The monoisotopic (exact) mass is 326 g/mol. The molecule has 1 heterocycles. The number of alkyl carbamates (subject to hydrolysis) is 1. The highest BCUT2D eigenvalue weighted by Crippen LogP contribution is 2.21. The van der Waals surface area contributed by atoms with Crippen molar-refractivity contribution in [3.8, 4) is 0 Å². The van der Waals surface area contributed by atoms with Gasteiger partial charge >= 0.3 is 12.1 Å². The Balaban J connectivity index is 2.72. The van der Waals surface area contributed by atoms with Crippen molar-refractivity contribution in [1.29, 1.82) is 0 Å². The molecule has 0 aromatic carbocycles. The fourth-order valence-corrected chi connectivity index (χ4v) is 1.76. The molecule has 0 radical (unpaired) electrons. The molecule has 0 saturated heterocycles. The fraction of sp³-hybridized carbons (Fsp3) is 0.533. The predicted octanol–water partition coefficient (Wildman–Crippen LogP) is 0.787. The number of aliphatic hydroxyl groups is 2. The molecule has 0 spiro atoms. The highest BCUT2D eigenvalue weighted by atomic mass is 16.6. The van der Waals surface area contributed by atoms with Crippen LogP contribution in [0.4, 0.5) is 4.79 Å². The van der Waals surface area contributed by atoms with E-state index >= 15 is 0 Å². The first-order chi connectivity index (χ1) is 10.7. The molecule has 23 heavy (non-hydrogen) atoms. The number of aromatic nitrogens is 1. The molecule has 0 saturated carbocycles. The van der Waals surface area contributed by atoms with Crippen molar-refractivity contribution in [2.75, 3.05) is 13.7 Å². The molecule has 8 heteroatoms. The van der Waals surface area contributed by atoms with Crippen LogP contribution in [0.2, 0.25) is 0 Å². The molecule has 1 rings (SSSR count). The van der Waals surface area contributed by atoms with Gasteiger partial charge in [0.25, 0.3) is 0 Å². The number of rotatable bonds is 5. The van der Waals surface area contributed by atoms with Crippen molar-refractivity contribution in [1.82, 2.24) is 10.3 Å². The first kappa shape index (κ1) is 18.9. The van der Waals surface area contributed by atoms with Gasteiger partial charge in [0.1, 0.15) is 17.8 Å². The largest absolute Gasteiger partial charge is 0.465 e. The van der Waals surface area contributed by atoms with E-state index in [1.165, 1.54) is 25.6 Å². The number of pyridine rings is 1. The molecule has 2 unspecified atom stereocenters. The van der Waals surface area contributed by atoms with Crippen LogP contribution in [0.15, 0.2) is 18.5 Å². The highest BCUT2D eigenvalue weighted by Gasteiger charge is 2.25. The average molecular weight is 326 g/mol. The van der Waals surface area contributed by atoms with Gasteiger partial charge in [-0.15, -0.1) is 0 Å². The van der Waals surface area contributed by atoms with E-state index in [1.54, 1.807) is 20.8 Å². The second-order valence-electron chi connectivity index (χ2n) is 5.85. The summed E-state index contributed by atoms with van der Waals surface area (Å²) in [5.74, 6) is -0.659. The minimum atomic E-state index is -1.42. The molecule has 0 bridgehead atoms. The number of aliphatic hydroxyl groups excluding tert-OH is 2. The van der Waals surface area contributed by atoms with Gasteiger partial charge in [-0.05, 0) is 26.8 Å². The summed E-state index contributed by atoms with van der Waals surface area (Å²) in [5, 5.41) is 22.5. The number of nitrogens with zero attached hydrogens (tertiary/aromatic N) is 1. The summed E-state index contributed by atoms with van der Waals surface area (Å²) in [6.45, 7) is 4.86. The lowest BCUT2D eigenvalue weighted by atomic mass is 10.0. The molecule has 0 aliphatic carbocycles. The molecular formula is C15H22N2O6. The Kier molecular flexibility index (Phi) is 6.47. The first-order valence-electron chi connectivity index (χ1n) is 7.01. The Bertz CT molecular complexity index is 555. The Hall–Kier alpha value is -2.19. The molecule has 0 aliphatic rings. The Morgan fingerprint density at radius 3 is 2.57 bits per heavy atom. The third-order valence-electron chi connectivity index (χ3n) is 2.79. The number of nitrogens with one attached hydrogen (secondary N) is 1.